The number of rotatable bonds is 5. The van der Waals surface area contributed by atoms with Crippen LogP contribution in [0.1, 0.15) is 36.0 Å². The third kappa shape index (κ3) is 4.05. The molecular formula is C20H22N2O3. The standard InChI is InChI=1S/C20H22N2O3/c21-18(23)9-10-19(24)22-11-3-6-17(13-22)20(25)16-8-7-14-4-1-2-5-15(14)12-16/h1-2,4-5,7-8,12,17H,3,6,9-11,13H2,(H2,21,23)/t17-/m0/s1. The lowest BCUT2D eigenvalue weighted by molar-refractivity contribution is -0.134. The van der Waals surface area contributed by atoms with E-state index in [0.29, 0.717) is 18.7 Å². The van der Waals surface area contributed by atoms with Crippen LogP contribution < -0.4 is 5.73 Å². The number of hydrogen-bond acceptors (Lipinski definition) is 3. The van der Waals surface area contributed by atoms with Crippen molar-refractivity contribution in [1.29, 1.82) is 0 Å². The van der Waals surface area contributed by atoms with Gasteiger partial charge in [0.15, 0.2) is 5.78 Å². The quantitative estimate of drug-likeness (QED) is 0.851. The van der Waals surface area contributed by atoms with Crippen molar-refractivity contribution in [2.75, 3.05) is 13.1 Å². The molecule has 0 aromatic heterocycles. The fourth-order valence-corrected chi connectivity index (χ4v) is 3.38. The molecule has 1 heterocycles. The number of likely N-dealkylation sites (tertiary alicyclic amines) is 1. The topological polar surface area (TPSA) is 80.5 Å². The van der Waals surface area contributed by atoms with Crippen LogP contribution in [0, 0.1) is 5.92 Å². The summed E-state index contributed by atoms with van der Waals surface area (Å²) in [6.07, 6.45) is 1.75. The van der Waals surface area contributed by atoms with Crippen LogP contribution in [0.15, 0.2) is 42.5 Å². The molecule has 2 aromatic rings. The molecule has 5 nitrogen and oxygen atoms in total. The molecule has 1 atom stereocenters. The predicted molar refractivity (Wildman–Crippen MR) is 96.0 cm³/mol. The van der Waals surface area contributed by atoms with Gasteiger partial charge in [-0.2, -0.15) is 0 Å². The van der Waals surface area contributed by atoms with E-state index < -0.39 is 5.91 Å². The average molecular weight is 338 g/mol. The molecule has 2 amide bonds. The van der Waals surface area contributed by atoms with Gasteiger partial charge < -0.3 is 10.6 Å². The molecule has 2 aromatic carbocycles. The van der Waals surface area contributed by atoms with Gasteiger partial charge in [0.05, 0.1) is 0 Å². The molecule has 0 bridgehead atoms. The maximum atomic E-state index is 12.9. The zero-order chi connectivity index (χ0) is 17.8. The first-order chi connectivity index (χ1) is 12.0. The van der Waals surface area contributed by atoms with Crippen LogP contribution >= 0.6 is 0 Å². The van der Waals surface area contributed by atoms with E-state index in [4.69, 9.17) is 5.73 Å². The van der Waals surface area contributed by atoms with E-state index >= 15 is 0 Å². The summed E-state index contributed by atoms with van der Waals surface area (Å²) in [5, 5.41) is 2.14. The monoisotopic (exact) mass is 338 g/mol. The second kappa shape index (κ2) is 7.47. The van der Waals surface area contributed by atoms with Crippen LogP contribution in [0.5, 0.6) is 0 Å². The Bertz CT molecular complexity index is 815. The molecule has 25 heavy (non-hydrogen) atoms. The predicted octanol–water partition coefficient (Wildman–Crippen LogP) is 2.53. The SMILES string of the molecule is NC(=O)CCC(=O)N1CCC[C@H](C(=O)c2ccc3ccccc3c2)C1. The number of benzene rings is 2. The van der Waals surface area contributed by atoms with E-state index in [1.807, 2.05) is 42.5 Å². The molecular weight excluding hydrogens is 316 g/mol. The van der Waals surface area contributed by atoms with Crippen molar-refractivity contribution in [3.63, 3.8) is 0 Å². The fourth-order valence-electron chi connectivity index (χ4n) is 3.38. The maximum absolute atomic E-state index is 12.9. The lowest BCUT2D eigenvalue weighted by Crippen LogP contribution is -2.42. The summed E-state index contributed by atoms with van der Waals surface area (Å²) in [5.41, 5.74) is 5.79. The minimum atomic E-state index is -0.478. The van der Waals surface area contributed by atoms with Crippen molar-refractivity contribution in [1.82, 2.24) is 4.90 Å². The van der Waals surface area contributed by atoms with E-state index in [9.17, 15) is 14.4 Å². The van der Waals surface area contributed by atoms with Crippen molar-refractivity contribution >= 4 is 28.4 Å². The van der Waals surface area contributed by atoms with Crippen LogP contribution in [0.2, 0.25) is 0 Å². The first-order valence-corrected chi connectivity index (χ1v) is 8.63. The first-order valence-electron chi connectivity index (χ1n) is 8.63. The van der Waals surface area contributed by atoms with Crippen molar-refractivity contribution in [2.24, 2.45) is 11.7 Å². The summed E-state index contributed by atoms with van der Waals surface area (Å²) in [6, 6.07) is 13.7. The Balaban J connectivity index is 1.70. The number of primary amides is 1. The van der Waals surface area contributed by atoms with Gasteiger partial charge in [-0.05, 0) is 29.7 Å². The molecule has 1 aliphatic heterocycles. The number of amides is 2. The Morgan fingerprint density at radius 2 is 1.80 bits per heavy atom. The third-order valence-electron chi connectivity index (χ3n) is 4.76. The Hall–Kier alpha value is -2.69. The van der Waals surface area contributed by atoms with Gasteiger partial charge in [-0.3, -0.25) is 14.4 Å². The average Bonchev–Trinajstić information content (AvgIpc) is 2.65. The molecule has 1 saturated heterocycles. The number of fused-ring (bicyclic) bond motifs is 1. The van der Waals surface area contributed by atoms with Gasteiger partial charge in [0.2, 0.25) is 11.8 Å². The van der Waals surface area contributed by atoms with E-state index in [1.54, 1.807) is 4.90 Å². The largest absolute Gasteiger partial charge is 0.370 e. The van der Waals surface area contributed by atoms with Gasteiger partial charge in [0.25, 0.3) is 0 Å². The van der Waals surface area contributed by atoms with Crippen LogP contribution in [0.3, 0.4) is 0 Å². The van der Waals surface area contributed by atoms with Gasteiger partial charge in [-0.25, -0.2) is 0 Å². The lowest BCUT2D eigenvalue weighted by Gasteiger charge is -2.32. The third-order valence-corrected chi connectivity index (χ3v) is 4.76. The number of nitrogens with zero attached hydrogens (tertiary/aromatic N) is 1. The molecule has 130 valence electrons. The van der Waals surface area contributed by atoms with Crippen LogP contribution in [0.4, 0.5) is 0 Å². The second-order valence-electron chi connectivity index (χ2n) is 6.57. The smallest absolute Gasteiger partial charge is 0.223 e. The normalized spacial score (nSPS) is 17.4. The molecule has 1 fully saturated rings. The van der Waals surface area contributed by atoms with Gasteiger partial charge in [0, 0.05) is 37.4 Å². The first kappa shape index (κ1) is 17.1. The fraction of sp³-hybridized carbons (Fsp3) is 0.350. The molecule has 0 saturated carbocycles. The number of ketones is 1. The Labute approximate surface area is 146 Å². The Morgan fingerprint density at radius 1 is 1.04 bits per heavy atom. The Morgan fingerprint density at radius 3 is 2.56 bits per heavy atom. The number of carbonyl (C=O) groups is 3. The molecule has 0 aliphatic carbocycles. The summed E-state index contributed by atoms with van der Waals surface area (Å²) >= 11 is 0. The molecule has 3 rings (SSSR count). The number of piperidine rings is 1. The molecule has 5 heteroatoms. The van der Waals surface area contributed by atoms with E-state index in [2.05, 4.69) is 0 Å². The lowest BCUT2D eigenvalue weighted by atomic mass is 9.89. The highest BCUT2D eigenvalue weighted by molar-refractivity contribution is 6.01. The highest BCUT2D eigenvalue weighted by atomic mass is 16.2. The van der Waals surface area contributed by atoms with Crippen LogP contribution in [-0.4, -0.2) is 35.6 Å². The zero-order valence-electron chi connectivity index (χ0n) is 14.1. The number of nitrogens with two attached hydrogens (primary N) is 1. The van der Waals surface area contributed by atoms with E-state index in [1.165, 1.54) is 0 Å². The van der Waals surface area contributed by atoms with Crippen LogP contribution in [-0.2, 0) is 9.59 Å². The minimum Gasteiger partial charge on any atom is -0.370 e. The van der Waals surface area contributed by atoms with Gasteiger partial charge in [0.1, 0.15) is 0 Å². The molecule has 0 spiro atoms. The minimum absolute atomic E-state index is 0.0542. The maximum Gasteiger partial charge on any atom is 0.223 e. The van der Waals surface area contributed by atoms with Gasteiger partial charge in [-0.1, -0.05) is 36.4 Å². The van der Waals surface area contributed by atoms with Crippen molar-refractivity contribution in [3.05, 3.63) is 48.0 Å². The summed E-state index contributed by atoms with van der Waals surface area (Å²) < 4.78 is 0. The van der Waals surface area contributed by atoms with Crippen molar-refractivity contribution in [2.45, 2.75) is 25.7 Å². The molecule has 1 aliphatic rings. The summed E-state index contributed by atoms with van der Waals surface area (Å²) in [7, 11) is 0. The number of Topliss-reactive ketones (excluding diaryl/α,β-unsaturated/α-hetero) is 1. The molecule has 0 radical (unpaired) electrons. The molecule has 2 N–H and O–H groups in total. The van der Waals surface area contributed by atoms with Gasteiger partial charge in [-0.15, -0.1) is 0 Å². The number of carbonyl (C=O) groups excluding carboxylic acids is 3. The van der Waals surface area contributed by atoms with Crippen molar-refractivity contribution in [3.8, 4) is 0 Å². The summed E-state index contributed by atoms with van der Waals surface area (Å²) in [4.78, 5) is 37.6. The summed E-state index contributed by atoms with van der Waals surface area (Å²) in [6.45, 7) is 1.06. The number of hydrogen-bond donors (Lipinski definition) is 1. The van der Waals surface area contributed by atoms with E-state index in [-0.39, 0.29) is 30.4 Å². The summed E-state index contributed by atoms with van der Waals surface area (Å²) in [5.74, 6) is -0.686. The van der Waals surface area contributed by atoms with E-state index in [0.717, 1.165) is 23.6 Å². The highest BCUT2D eigenvalue weighted by Gasteiger charge is 2.29. The highest BCUT2D eigenvalue weighted by Crippen LogP contribution is 2.24. The van der Waals surface area contributed by atoms with Crippen molar-refractivity contribution < 1.29 is 14.4 Å². The van der Waals surface area contributed by atoms with Crippen LogP contribution in [0.25, 0.3) is 10.8 Å². The molecule has 0 unspecified atom stereocenters. The zero-order valence-corrected chi connectivity index (χ0v) is 14.1. The van der Waals surface area contributed by atoms with Gasteiger partial charge >= 0.3 is 0 Å². The second-order valence-corrected chi connectivity index (χ2v) is 6.57. The Kier molecular flexibility index (Phi) is 5.12.